The molecular formula is C22H22N4O3. The van der Waals surface area contributed by atoms with Crippen LogP contribution in [0.15, 0.2) is 60.8 Å². The van der Waals surface area contributed by atoms with E-state index in [2.05, 4.69) is 15.6 Å². The number of pyridine rings is 1. The summed E-state index contributed by atoms with van der Waals surface area (Å²) in [6.07, 6.45) is 1.61. The zero-order chi connectivity index (χ0) is 20.8. The topological polar surface area (TPSA) is 106 Å². The number of nitrogens with two attached hydrogens (primary N) is 1. The first-order valence-corrected chi connectivity index (χ1v) is 9.14. The normalized spacial score (nSPS) is 10.3. The Balaban J connectivity index is 1.78. The van der Waals surface area contributed by atoms with Crippen LogP contribution in [0.2, 0.25) is 0 Å². The Bertz CT molecular complexity index is 1030. The van der Waals surface area contributed by atoms with Gasteiger partial charge in [0.1, 0.15) is 11.6 Å². The number of ether oxygens (including phenoxy) is 1. The summed E-state index contributed by atoms with van der Waals surface area (Å²) in [4.78, 5) is 28.4. The minimum absolute atomic E-state index is 0.322. The highest BCUT2D eigenvalue weighted by molar-refractivity contribution is 6.08. The standard InChI is InChI=1S/C22H22N4O3/c1-3-29-17-9-6-15(7-10-17)25-21-19(5-4-12-24-21)22(28)26-16-8-11-18(20(23)27)14(2)13-16/h4-13H,3H2,1-2H3,(H2,23,27)(H,24,25)(H,26,28). The van der Waals surface area contributed by atoms with Crippen molar-refractivity contribution in [3.63, 3.8) is 0 Å². The number of anilines is 3. The molecule has 1 heterocycles. The van der Waals surface area contributed by atoms with Gasteiger partial charge in [0.15, 0.2) is 0 Å². The second-order valence-electron chi connectivity index (χ2n) is 6.33. The van der Waals surface area contributed by atoms with Crippen LogP contribution in [-0.2, 0) is 0 Å². The van der Waals surface area contributed by atoms with Crippen molar-refractivity contribution in [3.05, 3.63) is 77.5 Å². The average molecular weight is 390 g/mol. The predicted molar refractivity (Wildman–Crippen MR) is 113 cm³/mol. The number of nitrogens with one attached hydrogen (secondary N) is 2. The number of aromatic nitrogens is 1. The van der Waals surface area contributed by atoms with Gasteiger partial charge < -0.3 is 21.1 Å². The van der Waals surface area contributed by atoms with Crippen molar-refractivity contribution in [2.24, 2.45) is 5.73 Å². The third-order valence-corrected chi connectivity index (χ3v) is 4.23. The fraction of sp³-hybridized carbons (Fsp3) is 0.136. The molecule has 0 saturated heterocycles. The number of carbonyl (C=O) groups excluding carboxylic acids is 2. The van der Waals surface area contributed by atoms with Crippen molar-refractivity contribution >= 4 is 29.0 Å². The SMILES string of the molecule is CCOc1ccc(Nc2ncccc2C(=O)Nc2ccc(C(N)=O)c(C)c2)cc1. The van der Waals surface area contributed by atoms with Gasteiger partial charge in [-0.15, -0.1) is 0 Å². The lowest BCUT2D eigenvalue weighted by Crippen LogP contribution is -2.16. The number of rotatable bonds is 7. The van der Waals surface area contributed by atoms with E-state index in [0.717, 1.165) is 11.4 Å². The van der Waals surface area contributed by atoms with Crippen LogP contribution < -0.4 is 21.1 Å². The smallest absolute Gasteiger partial charge is 0.259 e. The van der Waals surface area contributed by atoms with Crippen molar-refractivity contribution in [1.82, 2.24) is 4.98 Å². The number of hydrogen-bond acceptors (Lipinski definition) is 5. The van der Waals surface area contributed by atoms with E-state index in [1.165, 1.54) is 0 Å². The number of hydrogen-bond donors (Lipinski definition) is 3. The van der Waals surface area contributed by atoms with Crippen LogP contribution >= 0.6 is 0 Å². The van der Waals surface area contributed by atoms with Gasteiger partial charge in [-0.05, 0) is 74.0 Å². The Morgan fingerprint density at radius 3 is 2.41 bits per heavy atom. The molecule has 2 amide bonds. The van der Waals surface area contributed by atoms with Crippen molar-refractivity contribution in [1.29, 1.82) is 0 Å². The van der Waals surface area contributed by atoms with E-state index in [0.29, 0.717) is 34.8 Å². The van der Waals surface area contributed by atoms with Gasteiger partial charge in [0, 0.05) is 23.1 Å². The van der Waals surface area contributed by atoms with Gasteiger partial charge in [-0.2, -0.15) is 0 Å². The molecule has 148 valence electrons. The Morgan fingerprint density at radius 1 is 1.03 bits per heavy atom. The molecule has 0 atom stereocenters. The van der Waals surface area contributed by atoms with Gasteiger partial charge in [0.2, 0.25) is 5.91 Å². The van der Waals surface area contributed by atoms with E-state index in [9.17, 15) is 9.59 Å². The van der Waals surface area contributed by atoms with Gasteiger partial charge in [-0.25, -0.2) is 4.98 Å². The molecule has 0 unspecified atom stereocenters. The molecule has 0 aliphatic rings. The van der Waals surface area contributed by atoms with Gasteiger partial charge in [-0.1, -0.05) is 0 Å². The largest absolute Gasteiger partial charge is 0.494 e. The van der Waals surface area contributed by atoms with Crippen LogP contribution in [0.5, 0.6) is 5.75 Å². The summed E-state index contributed by atoms with van der Waals surface area (Å²) >= 11 is 0. The molecule has 0 aliphatic carbocycles. The minimum Gasteiger partial charge on any atom is -0.494 e. The van der Waals surface area contributed by atoms with Crippen molar-refractivity contribution in [2.45, 2.75) is 13.8 Å². The first-order chi connectivity index (χ1) is 14.0. The van der Waals surface area contributed by atoms with Crippen molar-refractivity contribution in [3.8, 4) is 5.75 Å². The number of carbonyl (C=O) groups is 2. The average Bonchev–Trinajstić information content (AvgIpc) is 2.70. The highest BCUT2D eigenvalue weighted by atomic mass is 16.5. The van der Waals surface area contributed by atoms with Gasteiger partial charge in [-0.3, -0.25) is 9.59 Å². The van der Waals surface area contributed by atoms with E-state index < -0.39 is 5.91 Å². The summed E-state index contributed by atoms with van der Waals surface area (Å²) in [5.74, 6) is 0.374. The minimum atomic E-state index is -0.505. The zero-order valence-corrected chi connectivity index (χ0v) is 16.2. The molecule has 0 bridgehead atoms. The number of amides is 2. The summed E-state index contributed by atoms with van der Waals surface area (Å²) in [5, 5.41) is 5.98. The lowest BCUT2D eigenvalue weighted by Gasteiger charge is -2.12. The van der Waals surface area contributed by atoms with Crippen LogP contribution in [0, 0.1) is 6.92 Å². The number of nitrogens with zero attached hydrogens (tertiary/aromatic N) is 1. The van der Waals surface area contributed by atoms with Gasteiger partial charge in [0.25, 0.3) is 5.91 Å². The summed E-state index contributed by atoms with van der Waals surface area (Å²) in [7, 11) is 0. The summed E-state index contributed by atoms with van der Waals surface area (Å²) < 4.78 is 5.44. The lowest BCUT2D eigenvalue weighted by atomic mass is 10.1. The molecule has 29 heavy (non-hydrogen) atoms. The van der Waals surface area contributed by atoms with E-state index in [-0.39, 0.29) is 5.91 Å². The maximum atomic E-state index is 12.8. The van der Waals surface area contributed by atoms with E-state index in [1.54, 1.807) is 43.5 Å². The summed E-state index contributed by atoms with van der Waals surface area (Å²) in [6.45, 7) is 4.28. The van der Waals surface area contributed by atoms with E-state index in [4.69, 9.17) is 10.5 Å². The fourth-order valence-corrected chi connectivity index (χ4v) is 2.84. The lowest BCUT2D eigenvalue weighted by molar-refractivity contribution is 0.0997. The van der Waals surface area contributed by atoms with Crippen LogP contribution in [0.3, 0.4) is 0 Å². The molecule has 0 saturated carbocycles. The Morgan fingerprint density at radius 2 is 1.76 bits per heavy atom. The fourth-order valence-electron chi connectivity index (χ4n) is 2.84. The summed E-state index contributed by atoms with van der Waals surface area (Å²) in [6, 6.07) is 15.7. The molecule has 7 heteroatoms. The second-order valence-corrected chi connectivity index (χ2v) is 6.33. The van der Waals surface area contributed by atoms with Crippen LogP contribution in [0.1, 0.15) is 33.2 Å². The van der Waals surface area contributed by atoms with Crippen LogP contribution in [0.25, 0.3) is 0 Å². The van der Waals surface area contributed by atoms with Crippen molar-refractivity contribution < 1.29 is 14.3 Å². The molecule has 4 N–H and O–H groups in total. The number of benzene rings is 2. The third kappa shape index (κ3) is 4.90. The first-order valence-electron chi connectivity index (χ1n) is 9.14. The van der Waals surface area contributed by atoms with E-state index >= 15 is 0 Å². The van der Waals surface area contributed by atoms with Crippen LogP contribution in [0.4, 0.5) is 17.2 Å². The highest BCUT2D eigenvalue weighted by Gasteiger charge is 2.14. The predicted octanol–water partition coefficient (Wildman–Crippen LogP) is 3.88. The van der Waals surface area contributed by atoms with E-state index in [1.807, 2.05) is 31.2 Å². The maximum Gasteiger partial charge on any atom is 0.259 e. The highest BCUT2D eigenvalue weighted by Crippen LogP contribution is 2.23. The number of aryl methyl sites for hydroxylation is 1. The van der Waals surface area contributed by atoms with Crippen molar-refractivity contribution in [2.75, 3.05) is 17.2 Å². The maximum absolute atomic E-state index is 12.8. The molecular weight excluding hydrogens is 368 g/mol. The van der Waals surface area contributed by atoms with Gasteiger partial charge in [0.05, 0.1) is 12.2 Å². The summed E-state index contributed by atoms with van der Waals surface area (Å²) in [5.41, 5.74) is 8.16. The Kier molecular flexibility index (Phi) is 6.09. The molecule has 0 fully saturated rings. The molecule has 3 rings (SSSR count). The molecule has 7 nitrogen and oxygen atoms in total. The Labute approximate surface area is 168 Å². The molecule has 3 aromatic rings. The molecule has 0 aliphatic heterocycles. The molecule has 0 spiro atoms. The Hall–Kier alpha value is -3.87. The molecule has 2 aromatic carbocycles. The molecule has 1 aromatic heterocycles. The molecule has 0 radical (unpaired) electrons. The zero-order valence-electron chi connectivity index (χ0n) is 16.2. The first kappa shape index (κ1) is 19.9. The number of primary amides is 1. The van der Waals surface area contributed by atoms with Gasteiger partial charge >= 0.3 is 0 Å². The van der Waals surface area contributed by atoms with Crippen LogP contribution in [-0.4, -0.2) is 23.4 Å². The quantitative estimate of drug-likeness (QED) is 0.567. The second kappa shape index (κ2) is 8.88. The third-order valence-electron chi connectivity index (χ3n) is 4.23. The monoisotopic (exact) mass is 390 g/mol.